The number of hydrogen-bond donors (Lipinski definition) is 0. The zero-order valence-electron chi connectivity index (χ0n) is 18.9. The van der Waals surface area contributed by atoms with Crippen LogP contribution in [0.3, 0.4) is 0 Å². The smallest absolute Gasteiger partial charge is 0.304 e. The van der Waals surface area contributed by atoms with Crippen molar-refractivity contribution in [3.8, 4) is 10.7 Å². The van der Waals surface area contributed by atoms with Crippen molar-refractivity contribution in [1.82, 2.24) is 23.9 Å². The third-order valence-corrected chi connectivity index (χ3v) is 8.62. The Bertz CT molecular complexity index is 1240. The van der Waals surface area contributed by atoms with E-state index in [1.165, 1.54) is 46.3 Å². The van der Waals surface area contributed by atoms with Gasteiger partial charge >= 0.3 is 5.69 Å². The zero-order valence-corrected chi connectivity index (χ0v) is 20.6. The number of rotatable bonds is 4. The van der Waals surface area contributed by atoms with Crippen LogP contribution in [0.5, 0.6) is 0 Å². The molecule has 0 saturated heterocycles. The topological polar surface area (TPSA) is 74.7 Å². The quantitative estimate of drug-likeness (QED) is 0.559. The summed E-state index contributed by atoms with van der Waals surface area (Å²) in [5.74, 6) is 2.05. The van der Waals surface area contributed by atoms with Gasteiger partial charge in [0.25, 0.3) is 5.56 Å². The highest BCUT2D eigenvalue weighted by molar-refractivity contribution is 7.98. The van der Waals surface area contributed by atoms with Gasteiger partial charge in [0.1, 0.15) is 0 Å². The fourth-order valence-corrected chi connectivity index (χ4v) is 6.25. The molecule has 31 heavy (non-hydrogen) atoms. The van der Waals surface area contributed by atoms with Gasteiger partial charge in [-0.05, 0) is 42.2 Å². The molecule has 0 saturated carbocycles. The van der Waals surface area contributed by atoms with Crippen molar-refractivity contribution in [2.45, 2.75) is 50.9 Å². The summed E-state index contributed by atoms with van der Waals surface area (Å²) in [4.78, 5) is 26.7. The first-order valence-corrected chi connectivity index (χ1v) is 12.3. The lowest BCUT2D eigenvalue weighted by atomic mass is 9.72. The minimum atomic E-state index is -0.320. The number of aryl methyl sites for hydroxylation is 1. The summed E-state index contributed by atoms with van der Waals surface area (Å²) in [6.45, 7) is 7.00. The van der Waals surface area contributed by atoms with Crippen LogP contribution >= 0.6 is 23.1 Å². The predicted molar refractivity (Wildman–Crippen MR) is 126 cm³/mol. The Balaban J connectivity index is 1.55. The van der Waals surface area contributed by atoms with Gasteiger partial charge in [-0.2, -0.15) is 0 Å². The Morgan fingerprint density at radius 3 is 2.55 bits per heavy atom. The van der Waals surface area contributed by atoms with E-state index < -0.39 is 0 Å². The molecule has 4 rings (SSSR count). The summed E-state index contributed by atoms with van der Waals surface area (Å²) >= 11 is 3.31. The summed E-state index contributed by atoms with van der Waals surface area (Å²) in [6.07, 6.45) is 3.51. The maximum absolute atomic E-state index is 12.1. The van der Waals surface area contributed by atoms with E-state index in [1.807, 2.05) is 23.0 Å². The van der Waals surface area contributed by atoms with Gasteiger partial charge in [-0.1, -0.05) is 32.5 Å². The van der Waals surface area contributed by atoms with Crippen LogP contribution in [0.4, 0.5) is 0 Å². The van der Waals surface area contributed by atoms with Crippen LogP contribution in [-0.2, 0) is 39.7 Å². The second-order valence-electron chi connectivity index (χ2n) is 9.39. The Morgan fingerprint density at radius 1 is 1.10 bits per heavy atom. The fourth-order valence-electron chi connectivity index (χ4n) is 4.08. The standard InChI is InChI=1S/C22H29N5O2S2/c1-22(2,3)14-7-8-16-13(9-14)10-17(31-16)19-23-24-20(27(19)6)30-12-15-11-18(28)26(5)21(29)25(15)4/h10-11,14H,7-9,12H2,1-6H3. The van der Waals surface area contributed by atoms with E-state index in [9.17, 15) is 9.59 Å². The molecule has 1 unspecified atom stereocenters. The van der Waals surface area contributed by atoms with Crippen LogP contribution in [0.1, 0.15) is 43.3 Å². The van der Waals surface area contributed by atoms with E-state index >= 15 is 0 Å². The van der Waals surface area contributed by atoms with E-state index in [0.717, 1.165) is 33.3 Å². The van der Waals surface area contributed by atoms with Gasteiger partial charge in [-0.15, -0.1) is 21.5 Å². The molecular formula is C22H29N5O2S2. The molecule has 1 aliphatic rings. The van der Waals surface area contributed by atoms with Gasteiger partial charge in [0, 0.05) is 43.5 Å². The second kappa shape index (κ2) is 8.09. The normalized spacial score (nSPS) is 16.5. The lowest BCUT2D eigenvalue weighted by Gasteiger charge is -2.33. The van der Waals surface area contributed by atoms with Gasteiger partial charge < -0.3 is 4.57 Å². The second-order valence-corrected chi connectivity index (χ2v) is 11.5. The van der Waals surface area contributed by atoms with Crippen molar-refractivity contribution in [3.05, 3.63) is 49.1 Å². The highest BCUT2D eigenvalue weighted by Gasteiger charge is 2.30. The van der Waals surface area contributed by atoms with Gasteiger partial charge in [0.05, 0.1) is 4.88 Å². The average molecular weight is 460 g/mol. The monoisotopic (exact) mass is 459 g/mol. The largest absolute Gasteiger partial charge is 0.330 e. The van der Waals surface area contributed by atoms with Crippen LogP contribution in [0.15, 0.2) is 26.9 Å². The van der Waals surface area contributed by atoms with Crippen molar-refractivity contribution in [1.29, 1.82) is 0 Å². The molecule has 3 heterocycles. The van der Waals surface area contributed by atoms with Crippen LogP contribution < -0.4 is 11.2 Å². The molecule has 166 valence electrons. The van der Waals surface area contributed by atoms with Gasteiger partial charge in [0.15, 0.2) is 11.0 Å². The Hall–Kier alpha value is -2.13. The number of fused-ring (bicyclic) bond motifs is 1. The van der Waals surface area contributed by atoms with Gasteiger partial charge in [-0.3, -0.25) is 13.9 Å². The number of nitrogens with zero attached hydrogens (tertiary/aromatic N) is 5. The molecule has 1 atom stereocenters. The number of thiophene rings is 1. The summed E-state index contributed by atoms with van der Waals surface area (Å²) in [5, 5.41) is 9.59. The molecule has 3 aromatic rings. The molecule has 0 amide bonds. The predicted octanol–water partition coefficient (Wildman–Crippen LogP) is 3.38. The van der Waals surface area contributed by atoms with E-state index in [2.05, 4.69) is 37.0 Å². The highest BCUT2D eigenvalue weighted by atomic mass is 32.2. The first kappa shape index (κ1) is 22.1. The third kappa shape index (κ3) is 4.17. The molecule has 0 spiro atoms. The lowest BCUT2D eigenvalue weighted by molar-refractivity contribution is 0.217. The SMILES string of the molecule is Cn1c(SCc2cc(=O)n(C)c(=O)n2C)nnc1-c1cc2c(s1)CCC(C(C)(C)C)C2. The molecule has 0 N–H and O–H groups in total. The van der Waals surface area contributed by atoms with E-state index in [0.29, 0.717) is 22.8 Å². The van der Waals surface area contributed by atoms with Crippen LogP contribution in [0.25, 0.3) is 10.7 Å². The molecule has 7 nitrogen and oxygen atoms in total. The molecule has 3 aromatic heterocycles. The fraction of sp³-hybridized carbons (Fsp3) is 0.545. The Kier molecular flexibility index (Phi) is 5.76. The maximum Gasteiger partial charge on any atom is 0.330 e. The summed E-state index contributed by atoms with van der Waals surface area (Å²) < 4.78 is 4.62. The van der Waals surface area contributed by atoms with Crippen LogP contribution in [-0.4, -0.2) is 23.9 Å². The molecule has 0 bridgehead atoms. The van der Waals surface area contributed by atoms with E-state index in [4.69, 9.17) is 0 Å². The molecule has 0 fully saturated rings. The molecule has 0 radical (unpaired) electrons. The average Bonchev–Trinajstić information content (AvgIpc) is 3.29. The van der Waals surface area contributed by atoms with Crippen molar-refractivity contribution in [2.24, 2.45) is 32.5 Å². The lowest BCUT2D eigenvalue weighted by Crippen LogP contribution is -2.37. The first-order valence-electron chi connectivity index (χ1n) is 10.5. The molecule has 0 aromatic carbocycles. The summed E-state index contributed by atoms with van der Waals surface area (Å²) in [5.41, 5.74) is 1.84. The summed E-state index contributed by atoms with van der Waals surface area (Å²) in [6, 6.07) is 3.80. The number of thioether (sulfide) groups is 1. The van der Waals surface area contributed by atoms with Crippen molar-refractivity contribution in [2.75, 3.05) is 0 Å². The van der Waals surface area contributed by atoms with E-state index in [1.54, 1.807) is 7.05 Å². The Morgan fingerprint density at radius 2 is 1.84 bits per heavy atom. The number of hydrogen-bond acceptors (Lipinski definition) is 6. The zero-order chi connectivity index (χ0) is 22.5. The first-order chi connectivity index (χ1) is 14.6. The molecular weight excluding hydrogens is 430 g/mol. The van der Waals surface area contributed by atoms with E-state index in [-0.39, 0.29) is 11.2 Å². The molecule has 1 aliphatic carbocycles. The minimum absolute atomic E-state index is 0.296. The van der Waals surface area contributed by atoms with Crippen molar-refractivity contribution < 1.29 is 0 Å². The van der Waals surface area contributed by atoms with Crippen LogP contribution in [0, 0.1) is 11.3 Å². The maximum atomic E-state index is 12.1. The van der Waals surface area contributed by atoms with Crippen molar-refractivity contribution in [3.63, 3.8) is 0 Å². The third-order valence-electron chi connectivity index (χ3n) is 6.34. The highest BCUT2D eigenvalue weighted by Crippen LogP contribution is 2.42. The molecule has 9 heteroatoms. The van der Waals surface area contributed by atoms with Gasteiger partial charge in [-0.25, -0.2) is 4.79 Å². The van der Waals surface area contributed by atoms with Crippen molar-refractivity contribution >= 4 is 23.1 Å². The Labute approximate surface area is 190 Å². The van der Waals surface area contributed by atoms with Gasteiger partial charge in [0.2, 0.25) is 0 Å². The minimum Gasteiger partial charge on any atom is -0.304 e. The summed E-state index contributed by atoms with van der Waals surface area (Å²) in [7, 11) is 5.14. The number of aromatic nitrogens is 5. The van der Waals surface area contributed by atoms with Crippen LogP contribution in [0.2, 0.25) is 0 Å². The molecule has 0 aliphatic heterocycles.